The first-order valence-electron chi connectivity index (χ1n) is 5.40. The summed E-state index contributed by atoms with van der Waals surface area (Å²) in [6.07, 6.45) is 0. The van der Waals surface area contributed by atoms with Crippen LogP contribution in [-0.4, -0.2) is 11.1 Å². The lowest BCUT2D eigenvalue weighted by Crippen LogP contribution is -1.98. The van der Waals surface area contributed by atoms with Gasteiger partial charge in [-0.3, -0.25) is 4.79 Å². The minimum absolute atomic E-state index is 0.0542. The van der Waals surface area contributed by atoms with E-state index in [1.807, 2.05) is 30.3 Å². The number of ketones is 1. The topological polar surface area (TPSA) is 30.2 Å². The van der Waals surface area contributed by atoms with Crippen molar-refractivity contribution < 1.29 is 9.21 Å². The number of rotatable bonds is 2. The van der Waals surface area contributed by atoms with Crippen LogP contribution < -0.4 is 0 Å². The van der Waals surface area contributed by atoms with Gasteiger partial charge < -0.3 is 4.42 Å². The largest absolute Gasteiger partial charge is 0.456 e. The highest BCUT2D eigenvalue weighted by atomic mass is 79.9. The molecule has 0 atom stereocenters. The Hall–Kier alpha value is -1.13. The summed E-state index contributed by atoms with van der Waals surface area (Å²) in [5, 5.41) is 2.42. The van der Waals surface area contributed by atoms with Crippen molar-refractivity contribution in [2.45, 2.75) is 0 Å². The highest BCUT2D eigenvalue weighted by Crippen LogP contribution is 2.31. The number of Topliss-reactive ketones (excluding diaryl/α,β-unsaturated/α-hetero) is 1. The van der Waals surface area contributed by atoms with Crippen molar-refractivity contribution in [3.8, 4) is 0 Å². The van der Waals surface area contributed by atoms with Crippen molar-refractivity contribution in [1.82, 2.24) is 0 Å². The van der Waals surface area contributed by atoms with Gasteiger partial charge in [0.1, 0.15) is 11.2 Å². The van der Waals surface area contributed by atoms with Crippen LogP contribution in [0.3, 0.4) is 0 Å². The summed E-state index contributed by atoms with van der Waals surface area (Å²) in [6, 6.07) is 11.5. The maximum Gasteiger partial charge on any atom is 0.173 e. The second-order valence-electron chi connectivity index (χ2n) is 4.01. The number of alkyl halides is 1. The lowest BCUT2D eigenvalue weighted by Gasteiger charge is -1.96. The fourth-order valence-electron chi connectivity index (χ4n) is 2.00. The van der Waals surface area contributed by atoms with E-state index in [-0.39, 0.29) is 5.78 Å². The molecule has 1 heterocycles. The monoisotopic (exact) mass is 366 g/mol. The molecule has 3 rings (SSSR count). The molecule has 0 bridgehead atoms. The predicted molar refractivity (Wildman–Crippen MR) is 79.5 cm³/mol. The van der Waals surface area contributed by atoms with Gasteiger partial charge in [-0.1, -0.05) is 37.9 Å². The van der Waals surface area contributed by atoms with E-state index in [0.29, 0.717) is 10.9 Å². The number of carbonyl (C=O) groups is 1. The summed E-state index contributed by atoms with van der Waals surface area (Å²) in [7, 11) is 0. The second kappa shape index (κ2) is 4.52. The van der Waals surface area contributed by atoms with Crippen LogP contribution in [0.25, 0.3) is 21.9 Å². The third-order valence-corrected chi connectivity index (χ3v) is 3.88. The Balaban J connectivity index is 2.29. The molecule has 0 saturated carbocycles. The van der Waals surface area contributed by atoms with Gasteiger partial charge in [0, 0.05) is 20.8 Å². The predicted octanol–water partition coefficient (Wildman–Crippen LogP) is 4.93. The summed E-state index contributed by atoms with van der Waals surface area (Å²) in [6.45, 7) is 0. The van der Waals surface area contributed by atoms with Crippen LogP contribution in [-0.2, 0) is 0 Å². The molecule has 0 aliphatic carbocycles. The normalized spacial score (nSPS) is 11.2. The fourth-order valence-corrected chi connectivity index (χ4v) is 2.67. The van der Waals surface area contributed by atoms with E-state index in [2.05, 4.69) is 31.9 Å². The second-order valence-corrected chi connectivity index (χ2v) is 5.49. The van der Waals surface area contributed by atoms with Gasteiger partial charge in [0.25, 0.3) is 0 Å². The molecule has 0 aliphatic heterocycles. The van der Waals surface area contributed by atoms with Crippen molar-refractivity contribution >= 4 is 59.6 Å². The van der Waals surface area contributed by atoms with Crippen molar-refractivity contribution in [3.63, 3.8) is 0 Å². The molecule has 1 aromatic heterocycles. The SMILES string of the molecule is O=C(CBr)c1ccc2c(c1)oc1cc(Br)ccc12. The number of furan rings is 1. The average molecular weight is 368 g/mol. The summed E-state index contributed by atoms with van der Waals surface area (Å²) in [5.74, 6) is 0.0542. The molecule has 3 aromatic rings. The molecule has 0 radical (unpaired) electrons. The summed E-state index contributed by atoms with van der Waals surface area (Å²) < 4.78 is 6.75. The van der Waals surface area contributed by atoms with Crippen LogP contribution in [0.2, 0.25) is 0 Å². The molecule has 90 valence electrons. The van der Waals surface area contributed by atoms with E-state index in [0.717, 1.165) is 26.4 Å². The van der Waals surface area contributed by atoms with Gasteiger partial charge in [-0.25, -0.2) is 0 Å². The Labute approximate surface area is 120 Å². The minimum atomic E-state index is 0.0542. The zero-order valence-corrected chi connectivity index (χ0v) is 12.4. The Bertz CT molecular complexity index is 759. The molecule has 0 fully saturated rings. The van der Waals surface area contributed by atoms with Gasteiger partial charge in [-0.2, -0.15) is 0 Å². The first kappa shape index (κ1) is 11.9. The minimum Gasteiger partial charge on any atom is -0.456 e. The Kier molecular flexibility index (Phi) is 2.99. The molecule has 2 nitrogen and oxygen atoms in total. The van der Waals surface area contributed by atoms with Crippen LogP contribution in [0.15, 0.2) is 45.3 Å². The molecule has 18 heavy (non-hydrogen) atoms. The molecule has 0 aliphatic rings. The number of hydrogen-bond acceptors (Lipinski definition) is 2. The summed E-state index contributed by atoms with van der Waals surface area (Å²) in [5.41, 5.74) is 2.23. The van der Waals surface area contributed by atoms with Crippen LogP contribution >= 0.6 is 31.9 Å². The van der Waals surface area contributed by atoms with Crippen molar-refractivity contribution in [1.29, 1.82) is 0 Å². The molecular formula is C14H8Br2O2. The Morgan fingerprint density at radius 1 is 1.06 bits per heavy atom. The lowest BCUT2D eigenvalue weighted by molar-refractivity contribution is 0.102. The quantitative estimate of drug-likeness (QED) is 0.475. The molecule has 0 amide bonds. The smallest absolute Gasteiger partial charge is 0.173 e. The molecule has 0 saturated heterocycles. The maximum absolute atomic E-state index is 11.6. The van der Waals surface area contributed by atoms with Crippen molar-refractivity contribution in [2.24, 2.45) is 0 Å². The van der Waals surface area contributed by atoms with E-state index < -0.39 is 0 Å². The van der Waals surface area contributed by atoms with Crippen LogP contribution in [0, 0.1) is 0 Å². The van der Waals surface area contributed by atoms with Crippen molar-refractivity contribution in [2.75, 3.05) is 5.33 Å². The zero-order valence-electron chi connectivity index (χ0n) is 9.24. The van der Waals surface area contributed by atoms with Gasteiger partial charge in [0.05, 0.1) is 5.33 Å². The standard InChI is InChI=1S/C14H8Br2O2/c15-7-12(17)8-1-3-10-11-4-2-9(16)6-14(11)18-13(10)5-8/h1-6H,7H2. The van der Waals surface area contributed by atoms with Crippen LogP contribution in [0.1, 0.15) is 10.4 Å². The van der Waals surface area contributed by atoms with Gasteiger partial charge in [0.2, 0.25) is 0 Å². The Morgan fingerprint density at radius 2 is 1.72 bits per heavy atom. The van der Waals surface area contributed by atoms with Crippen LogP contribution in [0.4, 0.5) is 0 Å². The molecular weight excluding hydrogens is 360 g/mol. The van der Waals surface area contributed by atoms with E-state index in [9.17, 15) is 4.79 Å². The number of hydrogen-bond donors (Lipinski definition) is 0. The van der Waals surface area contributed by atoms with Gasteiger partial charge in [-0.15, -0.1) is 0 Å². The fraction of sp³-hybridized carbons (Fsp3) is 0.0714. The van der Waals surface area contributed by atoms with Crippen LogP contribution in [0.5, 0.6) is 0 Å². The average Bonchev–Trinajstić information content (AvgIpc) is 2.73. The molecule has 4 heteroatoms. The number of carbonyl (C=O) groups excluding carboxylic acids is 1. The molecule has 0 N–H and O–H groups in total. The molecule has 2 aromatic carbocycles. The number of benzene rings is 2. The zero-order chi connectivity index (χ0) is 12.7. The summed E-state index contributed by atoms with van der Waals surface area (Å²) in [4.78, 5) is 11.6. The van der Waals surface area contributed by atoms with Crippen molar-refractivity contribution in [3.05, 3.63) is 46.4 Å². The van der Waals surface area contributed by atoms with Gasteiger partial charge >= 0.3 is 0 Å². The molecule has 0 unspecified atom stereocenters. The first-order valence-corrected chi connectivity index (χ1v) is 7.31. The van der Waals surface area contributed by atoms with E-state index in [4.69, 9.17) is 4.42 Å². The van der Waals surface area contributed by atoms with E-state index in [1.165, 1.54) is 0 Å². The number of fused-ring (bicyclic) bond motifs is 3. The highest BCUT2D eigenvalue weighted by molar-refractivity contribution is 9.10. The first-order chi connectivity index (χ1) is 8.69. The van der Waals surface area contributed by atoms with E-state index in [1.54, 1.807) is 6.07 Å². The maximum atomic E-state index is 11.6. The summed E-state index contributed by atoms with van der Waals surface area (Å²) >= 11 is 6.59. The lowest BCUT2D eigenvalue weighted by atomic mass is 10.1. The van der Waals surface area contributed by atoms with Gasteiger partial charge in [0.15, 0.2) is 5.78 Å². The number of halogens is 2. The van der Waals surface area contributed by atoms with E-state index >= 15 is 0 Å². The van der Waals surface area contributed by atoms with Gasteiger partial charge in [-0.05, 0) is 30.3 Å². The highest BCUT2D eigenvalue weighted by Gasteiger charge is 2.10. The third kappa shape index (κ3) is 1.89. The third-order valence-electron chi connectivity index (χ3n) is 2.88. The molecule has 0 spiro atoms. The Morgan fingerprint density at radius 3 is 2.44 bits per heavy atom.